The molecule has 0 atom stereocenters. The fourth-order valence-corrected chi connectivity index (χ4v) is 3.07. The molecule has 26 heavy (non-hydrogen) atoms. The van der Waals surface area contributed by atoms with Crippen LogP contribution in [0, 0.1) is 25.2 Å². The SMILES string of the molecule is Cc1cc(Nc2cc(C)c(C#N)c(SCCOc3ncccn3)n2)n[nH]1. The van der Waals surface area contributed by atoms with Crippen molar-refractivity contribution in [3.8, 4) is 12.1 Å². The van der Waals surface area contributed by atoms with Crippen molar-refractivity contribution in [1.82, 2.24) is 25.1 Å². The lowest BCUT2D eigenvalue weighted by molar-refractivity contribution is 0.316. The highest BCUT2D eigenvalue weighted by Gasteiger charge is 2.12. The summed E-state index contributed by atoms with van der Waals surface area (Å²) < 4.78 is 5.48. The third kappa shape index (κ3) is 4.49. The minimum absolute atomic E-state index is 0.335. The zero-order valence-corrected chi connectivity index (χ0v) is 15.2. The van der Waals surface area contributed by atoms with Crippen LogP contribution in [0.4, 0.5) is 11.6 Å². The molecule has 132 valence electrons. The van der Waals surface area contributed by atoms with Gasteiger partial charge in [0.15, 0.2) is 5.82 Å². The average molecular weight is 367 g/mol. The van der Waals surface area contributed by atoms with Crippen LogP contribution in [0.5, 0.6) is 6.01 Å². The predicted octanol–water partition coefficient (Wildman–Crippen LogP) is 3.00. The van der Waals surface area contributed by atoms with Gasteiger partial charge in [-0.05, 0) is 31.5 Å². The third-order valence-corrected chi connectivity index (χ3v) is 4.29. The molecule has 0 amide bonds. The number of hydrogen-bond donors (Lipinski definition) is 2. The molecule has 0 unspecified atom stereocenters. The molecule has 0 aromatic carbocycles. The number of nitriles is 1. The Labute approximate surface area is 155 Å². The first-order chi connectivity index (χ1) is 12.7. The molecule has 2 N–H and O–H groups in total. The molecule has 0 radical (unpaired) electrons. The van der Waals surface area contributed by atoms with Gasteiger partial charge in [-0.3, -0.25) is 5.10 Å². The number of thioether (sulfide) groups is 1. The second kappa shape index (κ2) is 8.31. The number of pyridine rings is 1. The lowest BCUT2D eigenvalue weighted by atomic mass is 10.2. The van der Waals surface area contributed by atoms with E-state index in [0.29, 0.717) is 40.6 Å². The van der Waals surface area contributed by atoms with Crippen molar-refractivity contribution in [2.24, 2.45) is 0 Å². The van der Waals surface area contributed by atoms with Crippen LogP contribution in [-0.2, 0) is 0 Å². The van der Waals surface area contributed by atoms with Gasteiger partial charge in [-0.2, -0.15) is 10.4 Å². The summed E-state index contributed by atoms with van der Waals surface area (Å²) in [6, 6.07) is 8.00. The van der Waals surface area contributed by atoms with Gasteiger partial charge in [0.05, 0.1) is 5.56 Å². The third-order valence-electron chi connectivity index (χ3n) is 3.35. The van der Waals surface area contributed by atoms with Gasteiger partial charge in [0.25, 0.3) is 0 Å². The average Bonchev–Trinajstić information content (AvgIpc) is 3.04. The standard InChI is InChI=1S/C17H17N7OS/c1-11-8-14(21-15-9-12(2)23-24-15)22-16(13(11)10-18)26-7-6-25-17-19-4-3-5-20-17/h3-5,8-9H,6-7H2,1-2H3,(H2,21,22,23,24). The number of rotatable bonds is 7. The number of ether oxygens (including phenoxy) is 1. The Kier molecular flexibility index (Phi) is 5.66. The second-order valence-electron chi connectivity index (χ2n) is 5.41. The number of aryl methyl sites for hydroxylation is 2. The summed E-state index contributed by atoms with van der Waals surface area (Å²) in [6.45, 7) is 4.23. The van der Waals surface area contributed by atoms with Crippen molar-refractivity contribution in [2.45, 2.75) is 18.9 Å². The Hall–Kier alpha value is -3.12. The molecule has 3 rings (SSSR count). The number of aromatic amines is 1. The summed E-state index contributed by atoms with van der Waals surface area (Å²) in [4.78, 5) is 12.5. The fraction of sp³-hybridized carbons (Fsp3) is 0.235. The molecule has 3 aromatic rings. The van der Waals surface area contributed by atoms with E-state index in [1.165, 1.54) is 11.8 Å². The number of H-pyrrole nitrogens is 1. The van der Waals surface area contributed by atoms with E-state index in [-0.39, 0.29) is 0 Å². The molecule has 3 aromatic heterocycles. The molecule has 0 bridgehead atoms. The maximum atomic E-state index is 9.43. The van der Waals surface area contributed by atoms with Gasteiger partial charge in [0.2, 0.25) is 0 Å². The van der Waals surface area contributed by atoms with Crippen LogP contribution in [-0.4, -0.2) is 37.5 Å². The van der Waals surface area contributed by atoms with Crippen molar-refractivity contribution >= 4 is 23.4 Å². The van der Waals surface area contributed by atoms with E-state index in [2.05, 4.69) is 36.5 Å². The first-order valence-electron chi connectivity index (χ1n) is 7.89. The van der Waals surface area contributed by atoms with Gasteiger partial charge in [-0.25, -0.2) is 15.0 Å². The Morgan fingerprint density at radius 2 is 2.04 bits per heavy atom. The normalized spacial score (nSPS) is 10.3. The summed E-state index contributed by atoms with van der Waals surface area (Å²) in [6.07, 6.45) is 3.25. The Morgan fingerprint density at radius 3 is 2.73 bits per heavy atom. The van der Waals surface area contributed by atoms with Crippen molar-refractivity contribution in [1.29, 1.82) is 5.26 Å². The van der Waals surface area contributed by atoms with Gasteiger partial charge < -0.3 is 10.1 Å². The highest BCUT2D eigenvalue weighted by atomic mass is 32.2. The van der Waals surface area contributed by atoms with E-state index in [4.69, 9.17) is 4.74 Å². The zero-order valence-electron chi connectivity index (χ0n) is 14.4. The van der Waals surface area contributed by atoms with Crippen LogP contribution in [0.2, 0.25) is 0 Å². The zero-order chi connectivity index (χ0) is 18.4. The minimum atomic E-state index is 0.335. The van der Waals surface area contributed by atoms with Crippen LogP contribution >= 0.6 is 11.8 Å². The number of nitrogens with zero attached hydrogens (tertiary/aromatic N) is 5. The number of aromatic nitrogens is 5. The molecular weight excluding hydrogens is 350 g/mol. The van der Waals surface area contributed by atoms with E-state index in [1.807, 2.05) is 26.0 Å². The molecule has 9 heteroatoms. The van der Waals surface area contributed by atoms with E-state index < -0.39 is 0 Å². The van der Waals surface area contributed by atoms with Gasteiger partial charge in [0.1, 0.15) is 23.5 Å². The lowest BCUT2D eigenvalue weighted by Gasteiger charge is -2.10. The minimum Gasteiger partial charge on any atom is -0.463 e. The van der Waals surface area contributed by atoms with Crippen LogP contribution in [0.25, 0.3) is 0 Å². The predicted molar refractivity (Wildman–Crippen MR) is 98.5 cm³/mol. The molecule has 0 spiro atoms. The van der Waals surface area contributed by atoms with Gasteiger partial charge in [0, 0.05) is 29.9 Å². The lowest BCUT2D eigenvalue weighted by Crippen LogP contribution is -2.04. The molecular formula is C17H17N7OS. The van der Waals surface area contributed by atoms with Crippen LogP contribution < -0.4 is 10.1 Å². The largest absolute Gasteiger partial charge is 0.463 e. The summed E-state index contributed by atoms with van der Waals surface area (Å²) >= 11 is 1.45. The van der Waals surface area contributed by atoms with E-state index in [1.54, 1.807) is 18.5 Å². The molecule has 0 saturated carbocycles. The Morgan fingerprint density at radius 1 is 1.23 bits per heavy atom. The molecule has 0 aliphatic rings. The van der Waals surface area contributed by atoms with Crippen molar-refractivity contribution < 1.29 is 4.74 Å². The number of nitrogens with one attached hydrogen (secondary N) is 2. The summed E-state index contributed by atoms with van der Waals surface area (Å²) in [5, 5.41) is 20.2. The maximum absolute atomic E-state index is 9.43. The smallest absolute Gasteiger partial charge is 0.316 e. The van der Waals surface area contributed by atoms with Crippen LogP contribution in [0.3, 0.4) is 0 Å². The molecule has 3 heterocycles. The monoisotopic (exact) mass is 367 g/mol. The van der Waals surface area contributed by atoms with E-state index >= 15 is 0 Å². The highest BCUT2D eigenvalue weighted by Crippen LogP contribution is 2.26. The molecule has 0 aliphatic carbocycles. The first kappa shape index (κ1) is 17.7. The van der Waals surface area contributed by atoms with Crippen molar-refractivity contribution in [2.75, 3.05) is 17.7 Å². The van der Waals surface area contributed by atoms with Crippen LogP contribution in [0.1, 0.15) is 16.8 Å². The first-order valence-corrected chi connectivity index (χ1v) is 8.87. The van der Waals surface area contributed by atoms with Crippen molar-refractivity contribution in [3.05, 3.63) is 47.4 Å². The van der Waals surface area contributed by atoms with Gasteiger partial charge in [-0.15, -0.1) is 11.8 Å². The number of hydrogen-bond acceptors (Lipinski definition) is 8. The quantitative estimate of drug-likeness (QED) is 0.484. The second-order valence-corrected chi connectivity index (χ2v) is 6.49. The molecule has 0 fully saturated rings. The van der Waals surface area contributed by atoms with E-state index in [0.717, 1.165) is 11.3 Å². The molecule has 0 aliphatic heterocycles. The maximum Gasteiger partial charge on any atom is 0.316 e. The van der Waals surface area contributed by atoms with E-state index in [9.17, 15) is 5.26 Å². The Bertz CT molecular complexity index is 921. The number of anilines is 2. The van der Waals surface area contributed by atoms with Gasteiger partial charge in [-0.1, -0.05) is 0 Å². The molecule has 8 nitrogen and oxygen atoms in total. The summed E-state index contributed by atoms with van der Waals surface area (Å²) in [5.74, 6) is 1.94. The van der Waals surface area contributed by atoms with Crippen molar-refractivity contribution in [3.63, 3.8) is 0 Å². The van der Waals surface area contributed by atoms with Crippen LogP contribution in [0.15, 0.2) is 35.6 Å². The van der Waals surface area contributed by atoms with Gasteiger partial charge >= 0.3 is 6.01 Å². The summed E-state index contributed by atoms with van der Waals surface area (Å²) in [7, 11) is 0. The fourth-order valence-electron chi connectivity index (χ4n) is 2.19. The Balaban J connectivity index is 1.67. The molecule has 0 saturated heterocycles. The summed E-state index contributed by atoms with van der Waals surface area (Å²) in [5.41, 5.74) is 2.37. The highest BCUT2D eigenvalue weighted by molar-refractivity contribution is 7.99. The topological polar surface area (TPSA) is 112 Å².